The lowest BCUT2D eigenvalue weighted by Crippen LogP contribution is -2.38. The molecule has 66 valence electrons. The molecule has 0 spiro atoms. The molecule has 1 fully saturated rings. The van der Waals surface area contributed by atoms with Gasteiger partial charge in [0.2, 0.25) is 0 Å². The van der Waals surface area contributed by atoms with Crippen LogP contribution in [0.25, 0.3) is 0 Å². The van der Waals surface area contributed by atoms with Crippen LogP contribution in [-0.2, 0) is 4.74 Å². The van der Waals surface area contributed by atoms with Crippen LogP contribution < -0.4 is 11.1 Å². The molecule has 11 heavy (non-hydrogen) atoms. The molecule has 0 saturated carbocycles. The van der Waals surface area contributed by atoms with Crippen LogP contribution in [-0.4, -0.2) is 31.6 Å². The van der Waals surface area contributed by atoms with Gasteiger partial charge in [0.15, 0.2) is 0 Å². The van der Waals surface area contributed by atoms with E-state index < -0.39 is 18.5 Å². The summed E-state index contributed by atoms with van der Waals surface area (Å²) in [5, 5.41) is 2.69. The van der Waals surface area contributed by atoms with Crippen LogP contribution in [0.3, 0.4) is 0 Å². The Bertz CT molecular complexity index is 138. The quantitative estimate of drug-likeness (QED) is 0.574. The first-order valence-electron chi connectivity index (χ1n) is 3.20. The Labute approximate surface area is 61.7 Å². The molecule has 0 aromatic rings. The first kappa shape index (κ1) is 8.76. The van der Waals surface area contributed by atoms with Gasteiger partial charge in [0.25, 0.3) is 0 Å². The van der Waals surface area contributed by atoms with Crippen LogP contribution in [0.1, 0.15) is 0 Å². The third-order valence-corrected chi connectivity index (χ3v) is 1.49. The third-order valence-electron chi connectivity index (χ3n) is 1.49. The smallest absolute Gasteiger partial charge is 0.324 e. The zero-order valence-corrected chi connectivity index (χ0v) is 5.69. The second-order valence-corrected chi connectivity index (χ2v) is 2.42. The van der Waals surface area contributed by atoms with Crippen molar-refractivity contribution in [3.63, 3.8) is 0 Å². The van der Waals surface area contributed by atoms with Gasteiger partial charge in [-0.2, -0.15) is 0 Å². The van der Waals surface area contributed by atoms with Gasteiger partial charge in [0, 0.05) is 19.1 Å². The highest BCUT2D eigenvalue weighted by Gasteiger charge is 2.37. The van der Waals surface area contributed by atoms with E-state index in [1.165, 1.54) is 0 Å². The molecule has 1 aliphatic heterocycles. The van der Waals surface area contributed by atoms with Crippen LogP contribution in [0.5, 0.6) is 0 Å². The highest BCUT2D eigenvalue weighted by Crippen LogP contribution is 2.20. The minimum atomic E-state index is -4.58. The number of halogens is 3. The molecule has 0 aromatic heterocycles. The zero-order valence-electron chi connectivity index (χ0n) is 5.69. The second-order valence-electron chi connectivity index (χ2n) is 2.42. The van der Waals surface area contributed by atoms with Gasteiger partial charge in [0.05, 0.1) is 6.10 Å². The lowest BCUT2D eigenvalue weighted by atomic mass is 10.2. The van der Waals surface area contributed by atoms with E-state index >= 15 is 0 Å². The maximum absolute atomic E-state index is 11.6. The van der Waals surface area contributed by atoms with Crippen molar-refractivity contribution >= 4 is 0 Å². The van der Waals surface area contributed by atoms with Crippen molar-refractivity contribution in [1.82, 2.24) is 5.32 Å². The minimum absolute atomic E-state index is 0.167. The van der Waals surface area contributed by atoms with Crippen molar-refractivity contribution in [3.05, 3.63) is 0 Å². The molecule has 1 saturated heterocycles. The maximum atomic E-state index is 11.6. The Balaban J connectivity index is 2.37. The maximum Gasteiger partial charge on any atom is 0.522 e. The highest BCUT2D eigenvalue weighted by molar-refractivity contribution is 4.84. The molecular formula is C5H9F3N2O. The number of ether oxygens (including phenoxy) is 1. The molecule has 2 atom stereocenters. The summed E-state index contributed by atoms with van der Waals surface area (Å²) in [6.07, 6.45) is -5.51. The van der Waals surface area contributed by atoms with E-state index in [-0.39, 0.29) is 6.54 Å². The summed E-state index contributed by atoms with van der Waals surface area (Å²) < 4.78 is 38.4. The molecular weight excluding hydrogens is 161 g/mol. The summed E-state index contributed by atoms with van der Waals surface area (Å²) in [5.74, 6) is 0. The number of hydrogen-bond donors (Lipinski definition) is 2. The van der Waals surface area contributed by atoms with Crippen LogP contribution in [0.4, 0.5) is 13.2 Å². The topological polar surface area (TPSA) is 47.3 Å². The van der Waals surface area contributed by atoms with Gasteiger partial charge in [-0.05, 0) is 0 Å². The Morgan fingerprint density at radius 2 is 2.00 bits per heavy atom. The predicted octanol–water partition coefficient (Wildman–Crippen LogP) is -0.178. The summed E-state index contributed by atoms with van der Waals surface area (Å²) >= 11 is 0. The fourth-order valence-electron chi connectivity index (χ4n) is 0.976. The van der Waals surface area contributed by atoms with E-state index in [1.807, 2.05) is 0 Å². The van der Waals surface area contributed by atoms with Gasteiger partial charge in [-0.1, -0.05) is 0 Å². The van der Waals surface area contributed by atoms with Crippen molar-refractivity contribution in [2.75, 3.05) is 13.1 Å². The summed E-state index contributed by atoms with van der Waals surface area (Å²) in [6.45, 7) is 0.543. The van der Waals surface area contributed by atoms with Crippen LogP contribution in [0.2, 0.25) is 0 Å². The standard InChI is InChI=1S/C5H9F3N2O/c6-5(7,8)11-4-2-10-1-3(4)9/h3-4,10H,1-2,9H2/t3-,4-/m0/s1. The van der Waals surface area contributed by atoms with Gasteiger partial charge in [-0.3, -0.25) is 4.74 Å². The van der Waals surface area contributed by atoms with Gasteiger partial charge >= 0.3 is 6.36 Å². The molecule has 0 amide bonds. The Morgan fingerprint density at radius 3 is 2.36 bits per heavy atom. The Morgan fingerprint density at radius 1 is 1.36 bits per heavy atom. The fourth-order valence-corrected chi connectivity index (χ4v) is 0.976. The van der Waals surface area contributed by atoms with E-state index in [0.717, 1.165) is 0 Å². The highest BCUT2D eigenvalue weighted by atomic mass is 19.4. The van der Waals surface area contributed by atoms with Crippen molar-refractivity contribution in [1.29, 1.82) is 0 Å². The van der Waals surface area contributed by atoms with Crippen molar-refractivity contribution in [2.45, 2.75) is 18.5 Å². The molecule has 3 N–H and O–H groups in total. The number of nitrogens with two attached hydrogens (primary N) is 1. The summed E-state index contributed by atoms with van der Waals surface area (Å²) in [5.41, 5.74) is 5.30. The average molecular weight is 170 g/mol. The number of alkyl halides is 3. The number of hydrogen-bond acceptors (Lipinski definition) is 3. The first-order valence-corrected chi connectivity index (χ1v) is 3.20. The SMILES string of the molecule is N[C@H]1CNC[C@@H]1OC(F)(F)F. The molecule has 6 heteroatoms. The third kappa shape index (κ3) is 2.64. The minimum Gasteiger partial charge on any atom is -0.324 e. The molecule has 0 bridgehead atoms. The van der Waals surface area contributed by atoms with E-state index in [2.05, 4.69) is 10.1 Å². The Kier molecular flexibility index (Phi) is 2.36. The van der Waals surface area contributed by atoms with Crippen molar-refractivity contribution in [3.8, 4) is 0 Å². The van der Waals surface area contributed by atoms with E-state index in [1.54, 1.807) is 0 Å². The average Bonchev–Trinajstić information content (AvgIpc) is 2.12. The molecule has 0 unspecified atom stereocenters. The molecule has 1 rings (SSSR count). The van der Waals surface area contributed by atoms with Crippen LogP contribution in [0, 0.1) is 0 Å². The lowest BCUT2D eigenvalue weighted by Gasteiger charge is -2.16. The van der Waals surface area contributed by atoms with E-state index in [4.69, 9.17) is 5.73 Å². The summed E-state index contributed by atoms with van der Waals surface area (Å²) in [7, 11) is 0. The van der Waals surface area contributed by atoms with Gasteiger partial charge in [-0.25, -0.2) is 0 Å². The van der Waals surface area contributed by atoms with Crippen molar-refractivity contribution < 1.29 is 17.9 Å². The first-order chi connectivity index (χ1) is 4.99. The summed E-state index contributed by atoms with van der Waals surface area (Å²) in [6, 6.07) is -0.559. The van der Waals surface area contributed by atoms with Gasteiger partial charge in [0.1, 0.15) is 0 Å². The van der Waals surface area contributed by atoms with Gasteiger partial charge in [-0.15, -0.1) is 13.2 Å². The van der Waals surface area contributed by atoms with Crippen LogP contribution >= 0.6 is 0 Å². The predicted molar refractivity (Wildman–Crippen MR) is 31.8 cm³/mol. The molecule has 1 heterocycles. The molecule has 0 aromatic carbocycles. The second kappa shape index (κ2) is 2.96. The summed E-state index contributed by atoms with van der Waals surface area (Å²) in [4.78, 5) is 0. The number of rotatable bonds is 1. The van der Waals surface area contributed by atoms with E-state index in [0.29, 0.717) is 6.54 Å². The Hall–Kier alpha value is -0.330. The monoisotopic (exact) mass is 170 g/mol. The molecule has 0 aliphatic carbocycles. The molecule has 0 radical (unpaired) electrons. The normalized spacial score (nSPS) is 32.7. The van der Waals surface area contributed by atoms with E-state index in [9.17, 15) is 13.2 Å². The van der Waals surface area contributed by atoms with Gasteiger partial charge < -0.3 is 11.1 Å². The van der Waals surface area contributed by atoms with Crippen LogP contribution in [0.15, 0.2) is 0 Å². The molecule has 3 nitrogen and oxygen atoms in total. The lowest BCUT2D eigenvalue weighted by molar-refractivity contribution is -0.341. The zero-order chi connectivity index (χ0) is 8.48. The molecule has 1 aliphatic rings. The number of nitrogens with one attached hydrogen (secondary N) is 1. The van der Waals surface area contributed by atoms with Crippen molar-refractivity contribution in [2.24, 2.45) is 5.73 Å². The fraction of sp³-hybridized carbons (Fsp3) is 1.00. The largest absolute Gasteiger partial charge is 0.522 e.